The summed E-state index contributed by atoms with van der Waals surface area (Å²) in [5, 5.41) is 10.7. The molecule has 0 saturated carbocycles. The average Bonchev–Trinajstić information content (AvgIpc) is 3.03. The molecule has 4 heteroatoms. The summed E-state index contributed by atoms with van der Waals surface area (Å²) >= 11 is 0. The van der Waals surface area contributed by atoms with Gasteiger partial charge < -0.3 is 5.11 Å². The van der Waals surface area contributed by atoms with Crippen molar-refractivity contribution in [2.45, 2.75) is 65.8 Å². The highest BCUT2D eigenvalue weighted by atomic mass is 16.3. The number of unbranched alkanes of at least 4 members (excludes halogenated alkanes) is 1. The third-order valence-corrected chi connectivity index (χ3v) is 5.84. The number of rotatable bonds is 9. The number of amides is 1. The van der Waals surface area contributed by atoms with Crippen LogP contribution in [0.15, 0.2) is 59.9 Å². The average molecular weight is 420 g/mol. The molecule has 1 aliphatic rings. The molecule has 31 heavy (non-hydrogen) atoms. The van der Waals surface area contributed by atoms with Crippen molar-refractivity contribution in [2.75, 3.05) is 4.90 Å². The van der Waals surface area contributed by atoms with Crippen LogP contribution in [0.2, 0.25) is 0 Å². The molecule has 1 aliphatic heterocycles. The van der Waals surface area contributed by atoms with Gasteiger partial charge in [-0.1, -0.05) is 70.5 Å². The molecule has 164 valence electrons. The number of carbonyl (C=O) groups is 2. The maximum absolute atomic E-state index is 13.1. The lowest BCUT2D eigenvalue weighted by Crippen LogP contribution is -2.31. The van der Waals surface area contributed by atoms with Crippen LogP contribution >= 0.6 is 0 Å². The van der Waals surface area contributed by atoms with Gasteiger partial charge in [-0.3, -0.25) is 14.5 Å². The second-order valence-electron chi connectivity index (χ2n) is 8.73. The van der Waals surface area contributed by atoms with E-state index in [1.54, 1.807) is 4.90 Å². The Morgan fingerprint density at radius 3 is 2.16 bits per heavy atom. The number of ketones is 1. The van der Waals surface area contributed by atoms with Crippen molar-refractivity contribution in [3.63, 3.8) is 0 Å². The number of aliphatic hydroxyl groups excluding tert-OH is 1. The number of nitrogens with zero attached hydrogens (tertiary/aromatic N) is 1. The van der Waals surface area contributed by atoms with E-state index in [0.29, 0.717) is 12.1 Å². The van der Waals surface area contributed by atoms with Crippen molar-refractivity contribution in [1.29, 1.82) is 0 Å². The Labute approximate surface area is 185 Å². The smallest absolute Gasteiger partial charge is 0.294 e. The zero-order valence-corrected chi connectivity index (χ0v) is 19.0. The number of anilines is 1. The maximum Gasteiger partial charge on any atom is 0.294 e. The van der Waals surface area contributed by atoms with E-state index < -0.39 is 17.7 Å². The van der Waals surface area contributed by atoms with Crippen LogP contribution in [0.3, 0.4) is 0 Å². The number of hydrogen-bond donors (Lipinski definition) is 1. The lowest BCUT2D eigenvalue weighted by atomic mass is 9.91. The van der Waals surface area contributed by atoms with E-state index in [9.17, 15) is 14.7 Å². The van der Waals surface area contributed by atoms with E-state index in [2.05, 4.69) is 13.8 Å². The Kier molecular flexibility index (Phi) is 7.32. The summed E-state index contributed by atoms with van der Waals surface area (Å²) in [6.45, 7) is 8.17. The normalized spacial score (nSPS) is 16.5. The number of hydrogen-bond acceptors (Lipinski definition) is 3. The molecule has 0 bridgehead atoms. The molecular formula is C27H33NO3. The molecule has 1 unspecified atom stereocenters. The third kappa shape index (κ3) is 4.90. The Morgan fingerprint density at radius 2 is 1.61 bits per heavy atom. The van der Waals surface area contributed by atoms with E-state index in [4.69, 9.17) is 0 Å². The first kappa shape index (κ1) is 22.8. The summed E-state index contributed by atoms with van der Waals surface area (Å²) in [7, 11) is 0. The molecule has 0 fully saturated rings. The standard InChI is InChI=1S/C27H33NO3/c1-5-7-8-20-11-15-22(16-12-20)28-25(21-13-9-19(6-2)10-14-21)24(26(30)27(28)31)23(29)17-18(3)4/h9-16,18,25,30H,5-8,17H2,1-4H3. The minimum Gasteiger partial charge on any atom is -0.503 e. The van der Waals surface area contributed by atoms with Crippen molar-refractivity contribution in [3.05, 3.63) is 76.6 Å². The fourth-order valence-corrected chi connectivity index (χ4v) is 4.09. The predicted octanol–water partition coefficient (Wildman–Crippen LogP) is 6.11. The van der Waals surface area contributed by atoms with Gasteiger partial charge in [-0.25, -0.2) is 0 Å². The highest BCUT2D eigenvalue weighted by Gasteiger charge is 2.44. The summed E-state index contributed by atoms with van der Waals surface area (Å²) in [6.07, 6.45) is 4.44. The van der Waals surface area contributed by atoms with Crippen molar-refractivity contribution in [3.8, 4) is 0 Å². The molecule has 0 saturated heterocycles. The zero-order chi connectivity index (χ0) is 22.5. The summed E-state index contributed by atoms with van der Waals surface area (Å²) < 4.78 is 0. The molecular weight excluding hydrogens is 386 g/mol. The molecule has 1 N–H and O–H groups in total. The van der Waals surface area contributed by atoms with Gasteiger partial charge in [0.05, 0.1) is 11.6 Å². The minimum absolute atomic E-state index is 0.137. The molecule has 0 spiro atoms. The first-order valence-corrected chi connectivity index (χ1v) is 11.3. The fourth-order valence-electron chi connectivity index (χ4n) is 4.09. The van der Waals surface area contributed by atoms with Crippen LogP contribution in [-0.4, -0.2) is 16.8 Å². The van der Waals surface area contributed by atoms with Gasteiger partial charge in [-0.2, -0.15) is 0 Å². The molecule has 1 amide bonds. The molecule has 3 rings (SSSR count). The van der Waals surface area contributed by atoms with Gasteiger partial charge in [0, 0.05) is 12.1 Å². The van der Waals surface area contributed by atoms with E-state index in [1.807, 2.05) is 62.4 Å². The number of carbonyl (C=O) groups excluding carboxylic acids is 2. The van der Waals surface area contributed by atoms with Gasteiger partial charge in [0.1, 0.15) is 0 Å². The van der Waals surface area contributed by atoms with Gasteiger partial charge in [-0.15, -0.1) is 0 Å². The van der Waals surface area contributed by atoms with Gasteiger partial charge in [0.2, 0.25) is 0 Å². The van der Waals surface area contributed by atoms with Crippen molar-refractivity contribution >= 4 is 17.4 Å². The number of Topliss-reactive ketones (excluding diaryl/α,β-unsaturated/α-hetero) is 1. The second kappa shape index (κ2) is 9.95. The van der Waals surface area contributed by atoms with Crippen LogP contribution in [0.25, 0.3) is 0 Å². The van der Waals surface area contributed by atoms with E-state index in [0.717, 1.165) is 31.2 Å². The largest absolute Gasteiger partial charge is 0.503 e. The molecule has 1 heterocycles. The Morgan fingerprint density at radius 1 is 1.00 bits per heavy atom. The van der Waals surface area contributed by atoms with Gasteiger partial charge >= 0.3 is 0 Å². The van der Waals surface area contributed by atoms with E-state index in [-0.39, 0.29) is 17.3 Å². The summed E-state index contributed by atoms with van der Waals surface area (Å²) in [4.78, 5) is 27.8. The Balaban J connectivity index is 2.04. The minimum atomic E-state index is -0.619. The SMILES string of the molecule is CCCCc1ccc(N2C(=O)C(O)=C(C(=O)CC(C)C)C2c2ccc(CC)cc2)cc1. The van der Waals surface area contributed by atoms with Crippen molar-refractivity contribution in [1.82, 2.24) is 0 Å². The third-order valence-electron chi connectivity index (χ3n) is 5.84. The lowest BCUT2D eigenvalue weighted by molar-refractivity contribution is -0.118. The number of aryl methyl sites for hydroxylation is 2. The van der Waals surface area contributed by atoms with Crippen LogP contribution in [0.5, 0.6) is 0 Å². The number of aliphatic hydroxyl groups is 1. The Bertz CT molecular complexity index is 955. The zero-order valence-electron chi connectivity index (χ0n) is 19.0. The van der Waals surface area contributed by atoms with Crippen LogP contribution in [0.4, 0.5) is 5.69 Å². The fraction of sp³-hybridized carbons (Fsp3) is 0.407. The van der Waals surface area contributed by atoms with Gasteiger partial charge in [0.25, 0.3) is 5.91 Å². The Hall–Kier alpha value is -2.88. The summed E-state index contributed by atoms with van der Waals surface area (Å²) in [5.74, 6) is -0.978. The summed E-state index contributed by atoms with van der Waals surface area (Å²) in [5.41, 5.74) is 4.13. The molecule has 4 nitrogen and oxygen atoms in total. The monoisotopic (exact) mass is 419 g/mol. The quantitative estimate of drug-likeness (QED) is 0.534. The summed E-state index contributed by atoms with van der Waals surface area (Å²) in [6, 6.07) is 15.2. The second-order valence-corrected chi connectivity index (χ2v) is 8.73. The molecule has 1 atom stereocenters. The first-order valence-electron chi connectivity index (χ1n) is 11.3. The molecule has 2 aromatic carbocycles. The number of benzene rings is 2. The van der Waals surface area contributed by atoms with E-state index >= 15 is 0 Å². The highest BCUT2D eigenvalue weighted by Crippen LogP contribution is 2.41. The van der Waals surface area contributed by atoms with Gasteiger partial charge in [-0.05, 0) is 54.0 Å². The maximum atomic E-state index is 13.1. The molecule has 0 radical (unpaired) electrons. The van der Waals surface area contributed by atoms with Crippen LogP contribution in [0.1, 0.15) is 69.7 Å². The van der Waals surface area contributed by atoms with Crippen LogP contribution in [-0.2, 0) is 22.4 Å². The highest BCUT2D eigenvalue weighted by molar-refractivity contribution is 6.16. The van der Waals surface area contributed by atoms with E-state index in [1.165, 1.54) is 11.1 Å². The van der Waals surface area contributed by atoms with Crippen molar-refractivity contribution in [2.24, 2.45) is 5.92 Å². The van der Waals surface area contributed by atoms with Crippen molar-refractivity contribution < 1.29 is 14.7 Å². The molecule has 2 aromatic rings. The molecule has 0 aromatic heterocycles. The van der Waals surface area contributed by atoms with Crippen LogP contribution in [0, 0.1) is 5.92 Å². The van der Waals surface area contributed by atoms with Gasteiger partial charge in [0.15, 0.2) is 11.5 Å². The topological polar surface area (TPSA) is 57.6 Å². The molecule has 0 aliphatic carbocycles. The predicted molar refractivity (Wildman–Crippen MR) is 125 cm³/mol. The first-order chi connectivity index (χ1) is 14.9. The lowest BCUT2D eigenvalue weighted by Gasteiger charge is -2.27. The van der Waals surface area contributed by atoms with Crippen LogP contribution < -0.4 is 4.90 Å².